The first-order chi connectivity index (χ1) is 12.5. The molecule has 3 rings (SSSR count). The highest BCUT2D eigenvalue weighted by Crippen LogP contribution is 2.36. The number of hydrogen-bond acceptors (Lipinski definition) is 4. The van der Waals surface area contributed by atoms with Gasteiger partial charge in [0.25, 0.3) is 0 Å². The van der Waals surface area contributed by atoms with Gasteiger partial charge in [-0.1, -0.05) is 0 Å². The van der Waals surface area contributed by atoms with Crippen molar-refractivity contribution in [1.29, 1.82) is 0 Å². The molecule has 0 bridgehead atoms. The number of fused-ring (bicyclic) bond motifs is 1. The highest BCUT2D eigenvalue weighted by molar-refractivity contribution is 7.84. The van der Waals surface area contributed by atoms with E-state index < -0.39 is 39.0 Å². The fourth-order valence-electron chi connectivity index (χ4n) is 2.71. The quantitative estimate of drug-likeness (QED) is 0.772. The van der Waals surface area contributed by atoms with Gasteiger partial charge in [-0.3, -0.25) is 0 Å². The first-order valence-electron chi connectivity index (χ1n) is 8.37. The van der Waals surface area contributed by atoms with Crippen molar-refractivity contribution >= 4 is 11.0 Å². The van der Waals surface area contributed by atoms with Crippen LogP contribution in [0.2, 0.25) is 0 Å². The Kier molecular flexibility index (Phi) is 5.15. The first-order valence-corrected chi connectivity index (χ1v) is 9.52. The maximum absolute atomic E-state index is 14.1. The van der Waals surface area contributed by atoms with Gasteiger partial charge in [0.05, 0.1) is 33.5 Å². The van der Waals surface area contributed by atoms with Gasteiger partial charge in [0, 0.05) is 6.42 Å². The minimum Gasteiger partial charge on any atom is -0.441 e. The molecule has 5 nitrogen and oxygen atoms in total. The molecule has 2 aromatic rings. The van der Waals surface area contributed by atoms with E-state index in [1.54, 1.807) is 0 Å². The third kappa shape index (κ3) is 4.21. The topological polar surface area (TPSA) is 68.0 Å². The molecule has 0 radical (unpaired) electrons. The molecule has 2 atom stereocenters. The lowest BCUT2D eigenvalue weighted by atomic mass is 9.98. The van der Waals surface area contributed by atoms with Crippen LogP contribution in [0.3, 0.4) is 0 Å². The van der Waals surface area contributed by atoms with Crippen molar-refractivity contribution in [1.82, 2.24) is 14.7 Å². The summed E-state index contributed by atoms with van der Waals surface area (Å²) < 4.78 is 73.1. The Morgan fingerprint density at radius 2 is 2.00 bits per heavy atom. The molecule has 1 aliphatic carbocycles. The summed E-state index contributed by atoms with van der Waals surface area (Å²) in [4.78, 5) is 7.30. The van der Waals surface area contributed by atoms with Crippen molar-refractivity contribution in [2.75, 3.05) is 0 Å². The van der Waals surface area contributed by atoms with E-state index in [9.17, 15) is 21.8 Å². The summed E-state index contributed by atoms with van der Waals surface area (Å²) >= 11 is 0. The van der Waals surface area contributed by atoms with Crippen molar-refractivity contribution in [2.45, 2.75) is 57.0 Å². The second kappa shape index (κ2) is 6.97. The zero-order chi connectivity index (χ0) is 20.0. The third-order valence-corrected chi connectivity index (χ3v) is 5.75. The molecule has 2 heterocycles. The Morgan fingerprint density at radius 1 is 1.30 bits per heavy atom. The SMILES string of the molecule is CC(C)(C)[S@](=O)N[C@H]1CCCc2oc(-c3cc(C(F)(F)F)ncc3F)nc21. The molecular formula is C17H19F4N3O2S. The standard InChI is InChI=1S/C17H19F4N3O2S/c1-16(2,3)27(25)24-11-5-4-6-12-14(11)23-15(26-12)9-7-13(17(19,20)21)22-8-10(9)18/h7-8,11,24H,4-6H2,1-3H3/t11-,27-/m0/s1. The van der Waals surface area contributed by atoms with Crippen molar-refractivity contribution in [3.05, 3.63) is 35.2 Å². The van der Waals surface area contributed by atoms with Crippen molar-refractivity contribution in [3.63, 3.8) is 0 Å². The van der Waals surface area contributed by atoms with Gasteiger partial charge in [-0.2, -0.15) is 13.2 Å². The Bertz CT molecular complexity index is 874. The van der Waals surface area contributed by atoms with E-state index in [0.717, 1.165) is 6.42 Å². The van der Waals surface area contributed by atoms with Crippen LogP contribution in [0, 0.1) is 5.82 Å². The van der Waals surface area contributed by atoms with E-state index in [-0.39, 0.29) is 11.9 Å². The van der Waals surface area contributed by atoms with Crippen LogP contribution in [-0.4, -0.2) is 18.9 Å². The van der Waals surface area contributed by atoms with Gasteiger partial charge in [-0.15, -0.1) is 0 Å². The molecule has 0 amide bonds. The van der Waals surface area contributed by atoms with Crippen LogP contribution in [0.5, 0.6) is 0 Å². The number of rotatable bonds is 3. The highest BCUT2D eigenvalue weighted by atomic mass is 32.2. The van der Waals surface area contributed by atoms with Gasteiger partial charge >= 0.3 is 6.18 Å². The molecule has 0 saturated heterocycles. The molecule has 2 aromatic heterocycles. The maximum Gasteiger partial charge on any atom is 0.433 e. The predicted octanol–water partition coefficient (Wildman–Crippen LogP) is 4.32. The average molecular weight is 405 g/mol. The number of halogens is 4. The number of alkyl halides is 3. The van der Waals surface area contributed by atoms with Crippen molar-refractivity contribution < 1.29 is 26.2 Å². The van der Waals surface area contributed by atoms with E-state index in [0.29, 0.717) is 36.6 Å². The number of nitrogens with zero attached hydrogens (tertiary/aromatic N) is 2. The lowest BCUT2D eigenvalue weighted by Crippen LogP contribution is -2.37. The van der Waals surface area contributed by atoms with Gasteiger partial charge in [-0.05, 0) is 39.7 Å². The third-order valence-electron chi connectivity index (χ3n) is 4.14. The van der Waals surface area contributed by atoms with Gasteiger partial charge < -0.3 is 4.42 Å². The van der Waals surface area contributed by atoms with E-state index >= 15 is 0 Å². The minimum atomic E-state index is -4.71. The molecule has 10 heteroatoms. The summed E-state index contributed by atoms with van der Waals surface area (Å²) in [7, 11) is -1.36. The number of nitrogens with one attached hydrogen (secondary N) is 1. The van der Waals surface area contributed by atoms with Gasteiger partial charge in [0.2, 0.25) is 5.89 Å². The van der Waals surface area contributed by atoms with E-state index in [1.807, 2.05) is 20.8 Å². The maximum atomic E-state index is 14.1. The average Bonchev–Trinajstić information content (AvgIpc) is 2.98. The summed E-state index contributed by atoms with van der Waals surface area (Å²) in [6, 6.07) is 0.209. The van der Waals surface area contributed by atoms with Crippen LogP contribution in [0.15, 0.2) is 16.7 Å². The van der Waals surface area contributed by atoms with Gasteiger partial charge in [-0.25, -0.2) is 23.3 Å². The fraction of sp³-hybridized carbons (Fsp3) is 0.529. The smallest absolute Gasteiger partial charge is 0.433 e. The first kappa shape index (κ1) is 19.9. The number of pyridine rings is 1. The lowest BCUT2D eigenvalue weighted by Gasteiger charge is -2.25. The fourth-order valence-corrected chi connectivity index (χ4v) is 3.55. The second-order valence-corrected chi connectivity index (χ2v) is 9.32. The predicted molar refractivity (Wildman–Crippen MR) is 91.4 cm³/mol. The van der Waals surface area contributed by atoms with Crippen LogP contribution in [0.25, 0.3) is 11.5 Å². The van der Waals surface area contributed by atoms with Gasteiger partial charge in [0.15, 0.2) is 5.82 Å². The zero-order valence-electron chi connectivity index (χ0n) is 15.0. The molecule has 1 N–H and O–H groups in total. The van der Waals surface area contributed by atoms with Crippen LogP contribution < -0.4 is 4.72 Å². The van der Waals surface area contributed by atoms with Crippen LogP contribution in [0.1, 0.15) is 56.8 Å². The molecule has 0 spiro atoms. The van der Waals surface area contributed by atoms with E-state index in [1.165, 1.54) is 0 Å². The van der Waals surface area contributed by atoms with Crippen LogP contribution >= 0.6 is 0 Å². The number of oxazole rings is 1. The Hall–Kier alpha value is -1.81. The molecular weight excluding hydrogens is 386 g/mol. The Morgan fingerprint density at radius 3 is 2.63 bits per heavy atom. The Labute approximate surface area is 156 Å². The van der Waals surface area contributed by atoms with Gasteiger partial charge in [0.1, 0.15) is 17.1 Å². The van der Waals surface area contributed by atoms with Crippen molar-refractivity contribution in [3.8, 4) is 11.5 Å². The molecule has 1 aliphatic rings. The Balaban J connectivity index is 1.97. The molecule has 148 valence electrons. The summed E-state index contributed by atoms with van der Waals surface area (Å²) in [5, 5.41) is 0. The van der Waals surface area contributed by atoms with Crippen LogP contribution in [-0.2, 0) is 23.6 Å². The second-order valence-electron chi connectivity index (χ2n) is 7.32. The normalized spacial score (nSPS) is 19.0. The van der Waals surface area contributed by atoms with Crippen molar-refractivity contribution in [2.24, 2.45) is 0 Å². The minimum absolute atomic E-state index is 0.236. The molecule has 0 aromatic carbocycles. The summed E-state index contributed by atoms with van der Waals surface area (Å²) in [6.45, 7) is 5.46. The summed E-state index contributed by atoms with van der Waals surface area (Å²) in [6.07, 6.45) is -2.30. The highest BCUT2D eigenvalue weighted by Gasteiger charge is 2.35. The van der Waals surface area contributed by atoms with Crippen LogP contribution in [0.4, 0.5) is 17.6 Å². The molecule has 27 heavy (non-hydrogen) atoms. The number of hydrogen-bond donors (Lipinski definition) is 1. The summed E-state index contributed by atoms with van der Waals surface area (Å²) in [5.74, 6) is -0.727. The largest absolute Gasteiger partial charge is 0.441 e. The monoisotopic (exact) mass is 405 g/mol. The zero-order valence-corrected chi connectivity index (χ0v) is 15.8. The summed E-state index contributed by atoms with van der Waals surface area (Å²) in [5.41, 5.74) is -1.17. The van der Waals surface area contributed by atoms with E-state index in [4.69, 9.17) is 4.42 Å². The molecule has 0 unspecified atom stereocenters. The molecule has 0 fully saturated rings. The molecule has 0 saturated carbocycles. The molecule has 0 aliphatic heterocycles. The number of aromatic nitrogens is 2. The number of aryl methyl sites for hydroxylation is 1. The van der Waals surface area contributed by atoms with E-state index in [2.05, 4.69) is 14.7 Å². The lowest BCUT2D eigenvalue weighted by molar-refractivity contribution is -0.141.